The summed E-state index contributed by atoms with van der Waals surface area (Å²) in [6.07, 6.45) is 1.29. The van der Waals surface area contributed by atoms with Gasteiger partial charge in [0.2, 0.25) is 0 Å². The molecule has 1 amide bonds. The van der Waals surface area contributed by atoms with Crippen LogP contribution in [0.5, 0.6) is 0 Å². The van der Waals surface area contributed by atoms with E-state index in [4.69, 9.17) is 0 Å². The molecule has 0 bridgehead atoms. The van der Waals surface area contributed by atoms with Crippen molar-refractivity contribution in [3.05, 3.63) is 92.2 Å². The van der Waals surface area contributed by atoms with Crippen LogP contribution in [0.2, 0.25) is 0 Å². The predicted octanol–water partition coefficient (Wildman–Crippen LogP) is 3.22. The molecular weight excluding hydrogens is 438 g/mol. The molecule has 0 unspecified atom stereocenters. The Bertz CT molecular complexity index is 1650. The van der Waals surface area contributed by atoms with Crippen molar-refractivity contribution in [2.24, 2.45) is 0 Å². The van der Waals surface area contributed by atoms with Crippen molar-refractivity contribution >= 4 is 38.2 Å². The number of rotatable bonds is 4. The number of benzene rings is 2. The molecule has 9 heteroatoms. The molecule has 1 N–H and O–H groups in total. The second-order valence-corrected chi connectivity index (χ2v) is 8.83. The third-order valence-corrected chi connectivity index (χ3v) is 6.46. The number of aryl methyl sites for hydroxylation is 2. The van der Waals surface area contributed by atoms with E-state index in [0.717, 1.165) is 30.7 Å². The van der Waals surface area contributed by atoms with Crippen LogP contribution in [0.1, 0.15) is 10.6 Å². The summed E-state index contributed by atoms with van der Waals surface area (Å²) >= 11 is 1.43. The zero-order valence-corrected chi connectivity index (χ0v) is 18.7. The number of hydrogen-bond acceptors (Lipinski definition) is 6. The molecule has 3 aromatic heterocycles. The number of nitrogens with one attached hydrogen (secondary N) is 1. The molecule has 0 fully saturated rings. The smallest absolute Gasteiger partial charge is 0.271 e. The second kappa shape index (κ2) is 8.10. The van der Waals surface area contributed by atoms with Crippen molar-refractivity contribution in [1.29, 1.82) is 0 Å². The number of fused-ring (bicyclic) bond motifs is 2. The minimum atomic E-state index is -0.559. The highest BCUT2D eigenvalue weighted by atomic mass is 32.1. The standard InChI is InChI=1S/C24H19N5O3S/c1-14-17-10-6-7-11-18(17)23(31)28(26-14)12-19(30)27-29-13-25-22-21(24(29)32)20(15(2)33-22)16-8-4-3-5-9-16/h3-11,13H,12H2,1-2H3,(H,27,30). The first kappa shape index (κ1) is 20.8. The minimum Gasteiger partial charge on any atom is -0.271 e. The number of carbonyl (C=O) groups excluding carboxylic acids is 1. The normalized spacial score (nSPS) is 11.2. The summed E-state index contributed by atoms with van der Waals surface area (Å²) in [6.45, 7) is 3.39. The van der Waals surface area contributed by atoms with E-state index in [1.165, 1.54) is 17.7 Å². The molecule has 0 spiro atoms. The number of hydrogen-bond donors (Lipinski definition) is 1. The molecule has 8 nitrogen and oxygen atoms in total. The number of thiophene rings is 1. The minimum absolute atomic E-state index is 0.330. The van der Waals surface area contributed by atoms with Crippen molar-refractivity contribution in [2.45, 2.75) is 20.4 Å². The summed E-state index contributed by atoms with van der Waals surface area (Å²) in [5.41, 5.74) is 4.14. The van der Waals surface area contributed by atoms with Crippen LogP contribution in [0.15, 0.2) is 70.5 Å². The number of amides is 1. The SMILES string of the molecule is Cc1sc2ncn(NC(=O)Cn3nc(C)c4ccccc4c3=O)c(=O)c2c1-c1ccccc1. The first-order valence-electron chi connectivity index (χ1n) is 10.3. The van der Waals surface area contributed by atoms with Crippen LogP contribution in [0.4, 0.5) is 0 Å². The van der Waals surface area contributed by atoms with Gasteiger partial charge >= 0.3 is 0 Å². The van der Waals surface area contributed by atoms with Crippen LogP contribution in [0.25, 0.3) is 32.1 Å². The van der Waals surface area contributed by atoms with Gasteiger partial charge in [0, 0.05) is 15.8 Å². The maximum absolute atomic E-state index is 13.3. The summed E-state index contributed by atoms with van der Waals surface area (Å²) < 4.78 is 2.16. The highest BCUT2D eigenvalue weighted by Gasteiger charge is 2.18. The van der Waals surface area contributed by atoms with Gasteiger partial charge < -0.3 is 0 Å². The van der Waals surface area contributed by atoms with Gasteiger partial charge in [-0.15, -0.1) is 11.3 Å². The van der Waals surface area contributed by atoms with Gasteiger partial charge in [0.15, 0.2) is 0 Å². The van der Waals surface area contributed by atoms with Gasteiger partial charge in [-0.25, -0.2) is 14.3 Å². The molecule has 0 saturated heterocycles. The molecule has 5 aromatic rings. The molecule has 33 heavy (non-hydrogen) atoms. The summed E-state index contributed by atoms with van der Waals surface area (Å²) in [5.74, 6) is -0.559. The first-order valence-corrected chi connectivity index (χ1v) is 11.1. The monoisotopic (exact) mass is 457 g/mol. The third-order valence-electron chi connectivity index (χ3n) is 5.44. The number of carbonyl (C=O) groups is 1. The lowest BCUT2D eigenvalue weighted by atomic mass is 10.0. The van der Waals surface area contributed by atoms with Crippen LogP contribution in [-0.2, 0) is 11.3 Å². The van der Waals surface area contributed by atoms with E-state index in [2.05, 4.69) is 15.5 Å². The van der Waals surface area contributed by atoms with E-state index < -0.39 is 5.91 Å². The topological polar surface area (TPSA) is 98.9 Å². The lowest BCUT2D eigenvalue weighted by Gasteiger charge is -2.11. The summed E-state index contributed by atoms with van der Waals surface area (Å²) in [5, 5.41) is 5.93. The lowest BCUT2D eigenvalue weighted by Crippen LogP contribution is -2.37. The fraction of sp³-hybridized carbons (Fsp3) is 0.125. The Balaban J connectivity index is 1.50. The Hall–Kier alpha value is -4.11. The summed E-state index contributed by atoms with van der Waals surface area (Å²) in [6, 6.07) is 16.7. The molecule has 0 atom stereocenters. The van der Waals surface area contributed by atoms with Crippen LogP contribution in [0.3, 0.4) is 0 Å². The maximum atomic E-state index is 13.3. The molecule has 164 valence electrons. The van der Waals surface area contributed by atoms with Crippen molar-refractivity contribution in [3.63, 3.8) is 0 Å². The highest BCUT2D eigenvalue weighted by Crippen LogP contribution is 2.35. The van der Waals surface area contributed by atoms with E-state index in [1.807, 2.05) is 49.4 Å². The zero-order chi connectivity index (χ0) is 23.1. The molecule has 3 heterocycles. The number of aromatic nitrogens is 4. The first-order chi connectivity index (χ1) is 15.9. The lowest BCUT2D eigenvalue weighted by molar-refractivity contribution is -0.117. The molecule has 0 aliphatic heterocycles. The largest absolute Gasteiger partial charge is 0.281 e. The van der Waals surface area contributed by atoms with Gasteiger partial charge in [-0.1, -0.05) is 48.5 Å². The van der Waals surface area contributed by atoms with Gasteiger partial charge in [0.05, 0.1) is 16.5 Å². The Morgan fingerprint density at radius 2 is 1.67 bits per heavy atom. The van der Waals surface area contributed by atoms with Crippen molar-refractivity contribution < 1.29 is 4.79 Å². The second-order valence-electron chi connectivity index (χ2n) is 7.63. The van der Waals surface area contributed by atoms with Crippen LogP contribution < -0.4 is 16.5 Å². The fourth-order valence-corrected chi connectivity index (χ4v) is 4.96. The molecule has 0 radical (unpaired) electrons. The predicted molar refractivity (Wildman–Crippen MR) is 129 cm³/mol. The van der Waals surface area contributed by atoms with E-state index in [-0.39, 0.29) is 17.7 Å². The van der Waals surface area contributed by atoms with E-state index in [0.29, 0.717) is 21.3 Å². The molecular formula is C24H19N5O3S. The number of nitrogens with zero attached hydrogens (tertiary/aromatic N) is 4. The van der Waals surface area contributed by atoms with Crippen molar-refractivity contribution in [1.82, 2.24) is 19.4 Å². The average Bonchev–Trinajstić information content (AvgIpc) is 3.16. The van der Waals surface area contributed by atoms with Crippen molar-refractivity contribution in [2.75, 3.05) is 5.43 Å². The molecule has 5 rings (SSSR count). The van der Waals surface area contributed by atoms with Crippen LogP contribution in [-0.4, -0.2) is 25.3 Å². The fourth-order valence-electron chi connectivity index (χ4n) is 3.95. The zero-order valence-electron chi connectivity index (χ0n) is 17.9. The van der Waals surface area contributed by atoms with Gasteiger partial charge in [0.25, 0.3) is 17.0 Å². The summed E-state index contributed by atoms with van der Waals surface area (Å²) in [7, 11) is 0. The van der Waals surface area contributed by atoms with Crippen molar-refractivity contribution in [3.8, 4) is 11.1 Å². The Labute approximate surface area is 191 Å². The van der Waals surface area contributed by atoms with Crippen LogP contribution in [0, 0.1) is 13.8 Å². The highest BCUT2D eigenvalue weighted by molar-refractivity contribution is 7.19. The van der Waals surface area contributed by atoms with E-state index >= 15 is 0 Å². The molecule has 0 aliphatic carbocycles. The average molecular weight is 458 g/mol. The van der Waals surface area contributed by atoms with E-state index in [9.17, 15) is 14.4 Å². The van der Waals surface area contributed by atoms with Gasteiger partial charge in [-0.05, 0) is 25.5 Å². The Kier molecular flexibility index (Phi) is 5.10. The maximum Gasteiger partial charge on any atom is 0.281 e. The Morgan fingerprint density at radius 1 is 0.970 bits per heavy atom. The molecule has 0 aliphatic rings. The van der Waals surface area contributed by atoms with Gasteiger partial charge in [-0.3, -0.25) is 19.8 Å². The molecule has 2 aromatic carbocycles. The summed E-state index contributed by atoms with van der Waals surface area (Å²) in [4.78, 5) is 44.7. The van der Waals surface area contributed by atoms with Gasteiger partial charge in [-0.2, -0.15) is 5.10 Å². The Morgan fingerprint density at radius 3 is 2.42 bits per heavy atom. The quantitative estimate of drug-likeness (QED) is 0.447. The van der Waals surface area contributed by atoms with Gasteiger partial charge in [0.1, 0.15) is 17.7 Å². The van der Waals surface area contributed by atoms with E-state index in [1.54, 1.807) is 19.1 Å². The third kappa shape index (κ3) is 3.62. The van der Waals surface area contributed by atoms with Crippen LogP contribution >= 0.6 is 11.3 Å². The molecule has 0 saturated carbocycles.